The summed E-state index contributed by atoms with van der Waals surface area (Å²) < 4.78 is 0. The number of pyridine rings is 1. The number of rotatable bonds is 5. The number of nitrogens with zero attached hydrogens (tertiary/aromatic N) is 2. The first-order chi connectivity index (χ1) is 8.02. The van der Waals surface area contributed by atoms with E-state index in [9.17, 15) is 4.79 Å². The fourth-order valence-electron chi connectivity index (χ4n) is 1.36. The number of aryl methyl sites for hydroxylation is 1. The number of nitrogens with one attached hydrogen (secondary N) is 1. The lowest BCUT2D eigenvalue weighted by Gasteiger charge is -2.10. The Kier molecular flexibility index (Phi) is 5.38. The summed E-state index contributed by atoms with van der Waals surface area (Å²) in [5.41, 5.74) is 1.40. The molecule has 17 heavy (non-hydrogen) atoms. The Morgan fingerprint density at radius 3 is 2.76 bits per heavy atom. The summed E-state index contributed by atoms with van der Waals surface area (Å²) in [7, 11) is 3.93. The van der Waals surface area contributed by atoms with E-state index in [0.29, 0.717) is 17.3 Å². The van der Waals surface area contributed by atoms with Crippen molar-refractivity contribution < 1.29 is 4.79 Å². The third-order valence-electron chi connectivity index (χ3n) is 2.32. The first-order valence-corrected chi connectivity index (χ1v) is 6.00. The van der Waals surface area contributed by atoms with E-state index in [1.54, 1.807) is 12.1 Å². The lowest BCUT2D eigenvalue weighted by atomic mass is 10.2. The largest absolute Gasteiger partial charge is 0.351 e. The molecule has 1 N–H and O–H groups in total. The van der Waals surface area contributed by atoms with Crippen LogP contribution >= 0.6 is 11.6 Å². The number of likely N-dealkylation sites (N-methyl/N-ethyl adjacent to an activating group) is 1. The van der Waals surface area contributed by atoms with Crippen LogP contribution in [-0.2, 0) is 6.42 Å². The third-order valence-corrected chi connectivity index (χ3v) is 2.51. The van der Waals surface area contributed by atoms with Crippen LogP contribution in [0.4, 0.5) is 0 Å². The average molecular weight is 256 g/mol. The minimum Gasteiger partial charge on any atom is -0.351 e. The Morgan fingerprint density at radius 2 is 2.18 bits per heavy atom. The van der Waals surface area contributed by atoms with E-state index in [-0.39, 0.29) is 5.91 Å². The molecule has 0 spiro atoms. The highest BCUT2D eigenvalue weighted by molar-refractivity contribution is 6.29. The van der Waals surface area contributed by atoms with Gasteiger partial charge in [0.1, 0.15) is 5.15 Å². The van der Waals surface area contributed by atoms with Crippen molar-refractivity contribution in [3.8, 4) is 0 Å². The third kappa shape index (κ3) is 4.71. The monoisotopic (exact) mass is 255 g/mol. The molecule has 0 aromatic carbocycles. The van der Waals surface area contributed by atoms with Crippen LogP contribution in [-0.4, -0.2) is 43.0 Å². The second-order valence-electron chi connectivity index (χ2n) is 4.08. The highest BCUT2D eigenvalue weighted by atomic mass is 35.5. The van der Waals surface area contributed by atoms with Crippen molar-refractivity contribution in [1.82, 2.24) is 15.2 Å². The van der Waals surface area contributed by atoms with Crippen molar-refractivity contribution in [2.45, 2.75) is 13.3 Å². The van der Waals surface area contributed by atoms with Crippen LogP contribution in [0.3, 0.4) is 0 Å². The summed E-state index contributed by atoms with van der Waals surface area (Å²) in [6, 6.07) is 3.36. The molecule has 0 saturated heterocycles. The number of carbonyl (C=O) groups is 1. The molecule has 1 rings (SSSR count). The zero-order chi connectivity index (χ0) is 12.8. The summed E-state index contributed by atoms with van der Waals surface area (Å²) in [5, 5.41) is 3.20. The molecule has 0 unspecified atom stereocenters. The number of carbonyl (C=O) groups excluding carboxylic acids is 1. The van der Waals surface area contributed by atoms with Crippen LogP contribution in [0.15, 0.2) is 12.1 Å². The van der Waals surface area contributed by atoms with Gasteiger partial charge in [-0.2, -0.15) is 0 Å². The highest BCUT2D eigenvalue weighted by Gasteiger charge is 2.08. The van der Waals surface area contributed by atoms with E-state index in [1.165, 1.54) is 0 Å². The van der Waals surface area contributed by atoms with Gasteiger partial charge in [-0.05, 0) is 32.6 Å². The number of amides is 1. The summed E-state index contributed by atoms with van der Waals surface area (Å²) in [6.45, 7) is 3.41. The maximum absolute atomic E-state index is 11.8. The van der Waals surface area contributed by atoms with Crippen molar-refractivity contribution in [3.05, 3.63) is 28.5 Å². The standard InChI is InChI=1S/C12H18ClN3O/c1-4-10-7-9(8-11(13)15-10)12(17)14-5-6-16(2)3/h7-8H,4-6H2,1-3H3,(H,14,17). The molecule has 1 aromatic rings. The van der Waals surface area contributed by atoms with Crippen LogP contribution in [0.1, 0.15) is 23.0 Å². The molecule has 94 valence electrons. The van der Waals surface area contributed by atoms with Crippen molar-refractivity contribution in [1.29, 1.82) is 0 Å². The number of hydrogen-bond acceptors (Lipinski definition) is 3. The molecule has 0 radical (unpaired) electrons. The van der Waals surface area contributed by atoms with Crippen LogP contribution < -0.4 is 5.32 Å². The van der Waals surface area contributed by atoms with E-state index in [0.717, 1.165) is 18.7 Å². The smallest absolute Gasteiger partial charge is 0.251 e. The van der Waals surface area contributed by atoms with Crippen molar-refractivity contribution in [2.75, 3.05) is 27.2 Å². The predicted molar refractivity (Wildman–Crippen MR) is 69.5 cm³/mol. The van der Waals surface area contributed by atoms with Gasteiger partial charge >= 0.3 is 0 Å². The van der Waals surface area contributed by atoms with E-state index in [2.05, 4.69) is 10.3 Å². The van der Waals surface area contributed by atoms with Crippen LogP contribution in [0.25, 0.3) is 0 Å². The molecule has 0 aliphatic heterocycles. The Hall–Kier alpha value is -1.13. The summed E-state index contributed by atoms with van der Waals surface area (Å²) in [5.74, 6) is -0.106. The van der Waals surface area contributed by atoms with E-state index >= 15 is 0 Å². The molecule has 1 aromatic heterocycles. The molecule has 0 atom stereocenters. The Bertz CT molecular complexity index is 393. The molecular weight excluding hydrogens is 238 g/mol. The molecule has 1 heterocycles. The quantitative estimate of drug-likeness (QED) is 0.813. The van der Waals surface area contributed by atoms with Gasteiger partial charge in [-0.1, -0.05) is 18.5 Å². The van der Waals surface area contributed by atoms with E-state index in [1.807, 2.05) is 25.9 Å². The van der Waals surface area contributed by atoms with E-state index < -0.39 is 0 Å². The van der Waals surface area contributed by atoms with Crippen molar-refractivity contribution in [2.24, 2.45) is 0 Å². The molecular formula is C12H18ClN3O. The van der Waals surface area contributed by atoms with Gasteiger partial charge in [0.05, 0.1) is 0 Å². The van der Waals surface area contributed by atoms with Crippen molar-refractivity contribution >= 4 is 17.5 Å². The molecule has 0 aliphatic carbocycles. The Morgan fingerprint density at radius 1 is 1.47 bits per heavy atom. The minimum absolute atomic E-state index is 0.106. The molecule has 0 aliphatic rings. The van der Waals surface area contributed by atoms with Gasteiger partial charge in [0, 0.05) is 24.3 Å². The topological polar surface area (TPSA) is 45.2 Å². The minimum atomic E-state index is -0.106. The van der Waals surface area contributed by atoms with Crippen LogP contribution in [0.5, 0.6) is 0 Å². The molecule has 5 heteroatoms. The maximum Gasteiger partial charge on any atom is 0.251 e. The Labute approximate surface area is 107 Å². The molecule has 0 fully saturated rings. The average Bonchev–Trinajstić information content (AvgIpc) is 2.27. The maximum atomic E-state index is 11.8. The predicted octanol–water partition coefficient (Wildman–Crippen LogP) is 1.59. The van der Waals surface area contributed by atoms with Gasteiger partial charge in [-0.3, -0.25) is 4.79 Å². The zero-order valence-electron chi connectivity index (χ0n) is 10.5. The van der Waals surface area contributed by atoms with Crippen LogP contribution in [0, 0.1) is 0 Å². The number of hydrogen-bond donors (Lipinski definition) is 1. The first kappa shape index (κ1) is 13.9. The van der Waals surface area contributed by atoms with Crippen molar-refractivity contribution in [3.63, 3.8) is 0 Å². The highest BCUT2D eigenvalue weighted by Crippen LogP contribution is 2.11. The zero-order valence-corrected chi connectivity index (χ0v) is 11.2. The number of halogens is 1. The van der Waals surface area contributed by atoms with Crippen LogP contribution in [0.2, 0.25) is 5.15 Å². The molecule has 0 saturated carbocycles. The first-order valence-electron chi connectivity index (χ1n) is 5.62. The lowest BCUT2D eigenvalue weighted by molar-refractivity contribution is 0.0951. The molecule has 1 amide bonds. The molecule has 4 nitrogen and oxygen atoms in total. The van der Waals surface area contributed by atoms with Gasteiger partial charge in [0.25, 0.3) is 5.91 Å². The number of aromatic nitrogens is 1. The molecule has 0 bridgehead atoms. The van der Waals surface area contributed by atoms with Gasteiger partial charge in [0.15, 0.2) is 0 Å². The Balaban J connectivity index is 2.65. The van der Waals surface area contributed by atoms with E-state index in [4.69, 9.17) is 11.6 Å². The van der Waals surface area contributed by atoms with Gasteiger partial charge in [0.2, 0.25) is 0 Å². The fraction of sp³-hybridized carbons (Fsp3) is 0.500. The summed E-state index contributed by atoms with van der Waals surface area (Å²) in [4.78, 5) is 18.0. The normalized spacial score (nSPS) is 10.6. The fourth-order valence-corrected chi connectivity index (χ4v) is 1.58. The van der Waals surface area contributed by atoms with Gasteiger partial charge in [-0.15, -0.1) is 0 Å². The lowest BCUT2D eigenvalue weighted by Crippen LogP contribution is -2.31. The SMILES string of the molecule is CCc1cc(C(=O)NCCN(C)C)cc(Cl)n1. The van der Waals surface area contributed by atoms with Gasteiger partial charge < -0.3 is 10.2 Å². The summed E-state index contributed by atoms with van der Waals surface area (Å²) in [6.07, 6.45) is 0.762. The van der Waals surface area contributed by atoms with Gasteiger partial charge in [-0.25, -0.2) is 4.98 Å². The summed E-state index contributed by atoms with van der Waals surface area (Å²) >= 11 is 5.86. The second kappa shape index (κ2) is 6.57. The second-order valence-corrected chi connectivity index (χ2v) is 4.47.